The van der Waals surface area contributed by atoms with Gasteiger partial charge in [0.05, 0.1) is 7.11 Å². The fraction of sp³-hybridized carbons (Fsp3) is 0.286. The molecule has 1 aliphatic heterocycles. The van der Waals surface area contributed by atoms with Gasteiger partial charge in [0.2, 0.25) is 0 Å². The summed E-state index contributed by atoms with van der Waals surface area (Å²) >= 11 is 0. The third-order valence-electron chi connectivity index (χ3n) is 6.41. The summed E-state index contributed by atoms with van der Waals surface area (Å²) in [5.41, 5.74) is 2.11. The Morgan fingerprint density at radius 2 is 1.67 bits per heavy atom. The van der Waals surface area contributed by atoms with Gasteiger partial charge in [-0.2, -0.15) is 0 Å². The number of carboxylic acids is 1. The molecule has 33 heavy (non-hydrogen) atoms. The standard InChI is InChI=1S/C28H29NO4/c1-27(2,3)23-15-14-20(16-24(23)33-4)25(30)29-18-21-12-8-9-13-22(21)28(29,26(31)32)17-19-10-6-5-7-11-19/h5-16H,17-18H2,1-4H3,(H,31,32). The summed E-state index contributed by atoms with van der Waals surface area (Å²) in [5, 5.41) is 10.6. The van der Waals surface area contributed by atoms with E-state index in [4.69, 9.17) is 4.74 Å². The summed E-state index contributed by atoms with van der Waals surface area (Å²) in [6.45, 7) is 6.48. The van der Waals surface area contributed by atoms with Gasteiger partial charge in [-0.25, -0.2) is 4.79 Å². The van der Waals surface area contributed by atoms with Crippen molar-refractivity contribution in [3.63, 3.8) is 0 Å². The van der Waals surface area contributed by atoms with Crippen LogP contribution in [0.1, 0.15) is 53.4 Å². The molecule has 0 fully saturated rings. The molecule has 5 heteroatoms. The number of ether oxygens (including phenoxy) is 1. The molecule has 0 saturated carbocycles. The fourth-order valence-electron chi connectivity index (χ4n) is 4.75. The maximum absolute atomic E-state index is 13.9. The third kappa shape index (κ3) is 3.88. The minimum Gasteiger partial charge on any atom is -0.496 e. The van der Waals surface area contributed by atoms with Crippen LogP contribution in [0.5, 0.6) is 5.75 Å². The van der Waals surface area contributed by atoms with E-state index in [1.54, 1.807) is 19.2 Å². The number of methoxy groups -OCH3 is 1. The number of hydrogen-bond donors (Lipinski definition) is 1. The number of nitrogens with zero attached hydrogens (tertiary/aromatic N) is 1. The van der Waals surface area contributed by atoms with Gasteiger partial charge in [0.25, 0.3) is 5.91 Å². The van der Waals surface area contributed by atoms with Crippen LogP contribution < -0.4 is 4.74 Å². The molecule has 1 N–H and O–H groups in total. The highest BCUT2D eigenvalue weighted by Gasteiger charge is 2.53. The van der Waals surface area contributed by atoms with E-state index in [1.807, 2.05) is 60.7 Å². The first kappa shape index (κ1) is 22.6. The highest BCUT2D eigenvalue weighted by Crippen LogP contribution is 2.43. The van der Waals surface area contributed by atoms with Crippen LogP contribution >= 0.6 is 0 Å². The zero-order chi connectivity index (χ0) is 23.8. The lowest BCUT2D eigenvalue weighted by Crippen LogP contribution is -2.52. The van der Waals surface area contributed by atoms with Crippen molar-refractivity contribution in [3.8, 4) is 5.75 Å². The number of aliphatic carboxylic acids is 1. The number of benzene rings is 3. The molecule has 3 aromatic carbocycles. The first-order chi connectivity index (χ1) is 15.7. The van der Waals surface area contributed by atoms with E-state index in [9.17, 15) is 14.7 Å². The van der Waals surface area contributed by atoms with Crippen LogP contribution in [-0.2, 0) is 28.7 Å². The molecule has 1 heterocycles. The molecule has 0 radical (unpaired) electrons. The van der Waals surface area contributed by atoms with Gasteiger partial charge in [0, 0.05) is 18.5 Å². The van der Waals surface area contributed by atoms with Gasteiger partial charge >= 0.3 is 5.97 Å². The quantitative estimate of drug-likeness (QED) is 0.591. The highest BCUT2D eigenvalue weighted by atomic mass is 16.5. The second-order valence-electron chi connectivity index (χ2n) is 9.54. The van der Waals surface area contributed by atoms with Crippen molar-refractivity contribution >= 4 is 11.9 Å². The second kappa shape index (κ2) is 8.39. The summed E-state index contributed by atoms with van der Waals surface area (Å²) < 4.78 is 5.60. The van der Waals surface area contributed by atoms with Crippen molar-refractivity contribution in [2.24, 2.45) is 0 Å². The first-order valence-electron chi connectivity index (χ1n) is 11.0. The van der Waals surface area contributed by atoms with Crippen molar-refractivity contribution in [1.82, 2.24) is 4.90 Å². The van der Waals surface area contributed by atoms with Gasteiger partial charge in [0.1, 0.15) is 5.75 Å². The largest absolute Gasteiger partial charge is 0.496 e. The molecule has 1 unspecified atom stereocenters. The van der Waals surface area contributed by atoms with Gasteiger partial charge < -0.3 is 14.7 Å². The van der Waals surface area contributed by atoms with Crippen molar-refractivity contribution in [2.45, 2.75) is 44.7 Å². The third-order valence-corrected chi connectivity index (χ3v) is 6.41. The number of amides is 1. The van der Waals surface area contributed by atoms with E-state index < -0.39 is 11.5 Å². The molecular weight excluding hydrogens is 414 g/mol. The lowest BCUT2D eigenvalue weighted by molar-refractivity contribution is -0.150. The zero-order valence-electron chi connectivity index (χ0n) is 19.5. The van der Waals surface area contributed by atoms with E-state index in [0.29, 0.717) is 16.9 Å². The number of hydrogen-bond acceptors (Lipinski definition) is 3. The predicted molar refractivity (Wildman–Crippen MR) is 127 cm³/mol. The Bertz CT molecular complexity index is 1200. The van der Waals surface area contributed by atoms with Gasteiger partial charge in [-0.1, -0.05) is 81.4 Å². The van der Waals surface area contributed by atoms with Crippen molar-refractivity contribution in [2.75, 3.05) is 7.11 Å². The second-order valence-corrected chi connectivity index (χ2v) is 9.54. The van der Waals surface area contributed by atoms with E-state index in [1.165, 1.54) is 4.90 Å². The maximum atomic E-state index is 13.9. The smallest absolute Gasteiger partial charge is 0.334 e. The van der Waals surface area contributed by atoms with Crippen molar-refractivity contribution in [3.05, 3.63) is 101 Å². The summed E-state index contributed by atoms with van der Waals surface area (Å²) in [5.74, 6) is -0.750. The number of rotatable bonds is 5. The molecule has 0 saturated heterocycles. The summed E-state index contributed by atoms with van der Waals surface area (Å²) in [7, 11) is 1.58. The Morgan fingerprint density at radius 1 is 1.00 bits per heavy atom. The summed E-state index contributed by atoms with van der Waals surface area (Å²) in [4.78, 5) is 28.3. The molecule has 0 bridgehead atoms. The van der Waals surface area contributed by atoms with Crippen LogP contribution in [0.4, 0.5) is 0 Å². The molecule has 3 aromatic rings. The average molecular weight is 444 g/mol. The van der Waals surface area contributed by atoms with Crippen LogP contribution in [0, 0.1) is 0 Å². The molecule has 0 aromatic heterocycles. The van der Waals surface area contributed by atoms with E-state index >= 15 is 0 Å². The monoisotopic (exact) mass is 443 g/mol. The Labute approximate surface area is 194 Å². The minimum absolute atomic E-state index is 0.158. The zero-order valence-corrected chi connectivity index (χ0v) is 19.5. The lowest BCUT2D eigenvalue weighted by Gasteiger charge is -2.36. The summed E-state index contributed by atoms with van der Waals surface area (Å²) in [6.07, 6.45) is 0.184. The number of fused-ring (bicyclic) bond motifs is 1. The van der Waals surface area contributed by atoms with Gasteiger partial charge in [-0.3, -0.25) is 4.79 Å². The van der Waals surface area contributed by atoms with Gasteiger partial charge in [0.15, 0.2) is 5.54 Å². The SMILES string of the molecule is COc1cc(C(=O)N2Cc3ccccc3C2(Cc2ccccc2)C(=O)O)ccc1C(C)(C)C. The lowest BCUT2D eigenvalue weighted by atomic mass is 9.83. The van der Waals surface area contributed by atoms with E-state index in [0.717, 1.165) is 16.7 Å². The van der Waals surface area contributed by atoms with Crippen molar-refractivity contribution < 1.29 is 19.4 Å². The minimum atomic E-state index is -1.50. The van der Waals surface area contributed by atoms with Crippen LogP contribution in [0.2, 0.25) is 0 Å². The average Bonchev–Trinajstić information content (AvgIpc) is 3.13. The van der Waals surface area contributed by atoms with Crippen LogP contribution in [0.3, 0.4) is 0 Å². The molecule has 4 rings (SSSR count). The van der Waals surface area contributed by atoms with Gasteiger partial charge in [-0.05, 0) is 39.8 Å². The molecule has 1 amide bonds. The molecule has 5 nitrogen and oxygen atoms in total. The molecular formula is C28H29NO4. The molecule has 170 valence electrons. The van der Waals surface area contributed by atoms with Crippen molar-refractivity contribution in [1.29, 1.82) is 0 Å². The Balaban J connectivity index is 1.83. The first-order valence-corrected chi connectivity index (χ1v) is 11.0. The fourth-order valence-corrected chi connectivity index (χ4v) is 4.75. The highest BCUT2D eigenvalue weighted by molar-refractivity contribution is 6.00. The topological polar surface area (TPSA) is 66.8 Å². The normalized spacial score (nSPS) is 17.5. The van der Waals surface area contributed by atoms with Crippen LogP contribution in [0.15, 0.2) is 72.8 Å². The molecule has 1 aliphatic rings. The Morgan fingerprint density at radius 3 is 2.30 bits per heavy atom. The van der Waals surface area contributed by atoms with Gasteiger partial charge in [-0.15, -0.1) is 0 Å². The molecule has 0 aliphatic carbocycles. The maximum Gasteiger partial charge on any atom is 0.334 e. The molecule has 1 atom stereocenters. The summed E-state index contributed by atoms with van der Waals surface area (Å²) in [6, 6.07) is 22.3. The number of carbonyl (C=O) groups excluding carboxylic acids is 1. The Hall–Kier alpha value is -3.60. The number of carboxylic acid groups (broad SMARTS) is 1. The van der Waals surface area contributed by atoms with Crippen LogP contribution in [0.25, 0.3) is 0 Å². The van der Waals surface area contributed by atoms with E-state index in [-0.39, 0.29) is 24.3 Å². The van der Waals surface area contributed by atoms with Crippen LogP contribution in [-0.4, -0.2) is 29.0 Å². The Kier molecular flexibility index (Phi) is 5.75. The van der Waals surface area contributed by atoms with E-state index in [2.05, 4.69) is 20.8 Å². The molecule has 0 spiro atoms. The number of carbonyl (C=O) groups is 2. The predicted octanol–water partition coefficient (Wildman–Crippen LogP) is 5.17.